The number of nitrogens with one attached hydrogen (secondary N) is 1. The van der Waals surface area contributed by atoms with E-state index in [4.69, 9.17) is 14.5 Å². The van der Waals surface area contributed by atoms with Crippen LogP contribution in [0, 0.1) is 5.82 Å². The van der Waals surface area contributed by atoms with Crippen molar-refractivity contribution in [3.05, 3.63) is 52.5 Å². The van der Waals surface area contributed by atoms with Gasteiger partial charge in [-0.2, -0.15) is 0 Å². The molecule has 1 aromatic heterocycles. The fourth-order valence-corrected chi connectivity index (χ4v) is 5.50. The predicted molar refractivity (Wildman–Crippen MR) is 145 cm³/mol. The topological polar surface area (TPSA) is 87.2 Å². The molecule has 8 nitrogen and oxygen atoms in total. The van der Waals surface area contributed by atoms with Gasteiger partial charge < -0.3 is 24.8 Å². The minimum Gasteiger partial charge on any atom is -0.493 e. The fraction of sp³-hybridized carbons (Fsp3) is 0.586. The van der Waals surface area contributed by atoms with Crippen molar-refractivity contribution in [3.63, 3.8) is 0 Å². The van der Waals surface area contributed by atoms with Crippen LogP contribution in [-0.2, 0) is 28.9 Å². The number of hydrogen-bond acceptors (Lipinski definition) is 7. The highest BCUT2D eigenvalue weighted by molar-refractivity contribution is 5.77. The molecule has 0 aliphatic carbocycles. The largest absolute Gasteiger partial charge is 0.493 e. The first kappa shape index (κ1) is 28.3. The van der Waals surface area contributed by atoms with Crippen molar-refractivity contribution < 1.29 is 23.8 Å². The summed E-state index contributed by atoms with van der Waals surface area (Å²) in [5, 5.41) is 13.5. The molecular formula is C29H41FN4O4. The molecular weight excluding hydrogens is 487 g/mol. The number of hydrogen-bond donors (Lipinski definition) is 2. The van der Waals surface area contributed by atoms with Gasteiger partial charge in [0.1, 0.15) is 11.9 Å². The van der Waals surface area contributed by atoms with E-state index in [9.17, 15) is 14.3 Å². The predicted octanol–water partition coefficient (Wildman–Crippen LogP) is 4.28. The summed E-state index contributed by atoms with van der Waals surface area (Å²) in [6.07, 6.45) is 7.00. The number of nitrogens with zero attached hydrogens (tertiary/aromatic N) is 3. The number of rotatable bonds is 13. The SMILES string of the molecule is COc1c(F)cc(CN(C)C)cc1[C@H](C(=O)O)N1CC[C@@H](OCCCCCc2ccc3c(n2)NCCC3)C1. The molecule has 9 heteroatoms. The van der Waals surface area contributed by atoms with Crippen LogP contribution in [-0.4, -0.2) is 79.4 Å². The van der Waals surface area contributed by atoms with Crippen molar-refractivity contribution >= 4 is 11.8 Å². The van der Waals surface area contributed by atoms with Crippen LogP contribution < -0.4 is 10.1 Å². The van der Waals surface area contributed by atoms with E-state index in [1.807, 2.05) is 23.9 Å². The normalized spacial score (nSPS) is 18.3. The first-order chi connectivity index (χ1) is 18.4. The summed E-state index contributed by atoms with van der Waals surface area (Å²) in [5.41, 5.74) is 3.51. The van der Waals surface area contributed by atoms with Crippen molar-refractivity contribution in [1.29, 1.82) is 0 Å². The number of aryl methyl sites for hydroxylation is 2. The molecule has 2 aromatic rings. The molecule has 0 radical (unpaired) electrons. The Morgan fingerprint density at radius 2 is 2.13 bits per heavy atom. The number of carboxylic acid groups (broad SMARTS) is 1. The molecule has 1 aromatic carbocycles. The Morgan fingerprint density at radius 3 is 2.89 bits per heavy atom. The van der Waals surface area contributed by atoms with Crippen LogP contribution in [0.1, 0.15) is 60.5 Å². The van der Waals surface area contributed by atoms with E-state index in [1.54, 1.807) is 6.07 Å². The van der Waals surface area contributed by atoms with Crippen LogP contribution in [0.25, 0.3) is 0 Å². The van der Waals surface area contributed by atoms with E-state index >= 15 is 0 Å². The van der Waals surface area contributed by atoms with Gasteiger partial charge in [0, 0.05) is 44.0 Å². The number of fused-ring (bicyclic) bond motifs is 1. The van der Waals surface area contributed by atoms with Crippen LogP contribution in [0.5, 0.6) is 5.75 Å². The molecule has 0 unspecified atom stereocenters. The van der Waals surface area contributed by atoms with E-state index < -0.39 is 17.8 Å². The number of anilines is 1. The zero-order valence-electron chi connectivity index (χ0n) is 22.8. The highest BCUT2D eigenvalue weighted by atomic mass is 19.1. The summed E-state index contributed by atoms with van der Waals surface area (Å²) in [6.45, 7) is 3.21. The number of unbranched alkanes of at least 4 members (excludes halogenated alkanes) is 2. The van der Waals surface area contributed by atoms with Gasteiger partial charge in [-0.3, -0.25) is 9.69 Å². The van der Waals surface area contributed by atoms with Gasteiger partial charge in [-0.1, -0.05) is 12.5 Å². The highest BCUT2D eigenvalue weighted by Gasteiger charge is 2.36. The van der Waals surface area contributed by atoms with Crippen molar-refractivity contribution in [3.8, 4) is 5.75 Å². The number of ether oxygens (including phenoxy) is 2. The monoisotopic (exact) mass is 528 g/mol. The second-order valence-corrected chi connectivity index (χ2v) is 10.6. The lowest BCUT2D eigenvalue weighted by molar-refractivity contribution is -0.143. The van der Waals surface area contributed by atoms with E-state index in [-0.39, 0.29) is 11.9 Å². The molecule has 1 fully saturated rings. The van der Waals surface area contributed by atoms with Crippen molar-refractivity contribution in [2.75, 3.05) is 52.8 Å². The Kier molecular flexibility index (Phi) is 9.93. The lowest BCUT2D eigenvalue weighted by Gasteiger charge is -2.27. The number of methoxy groups -OCH3 is 1. The van der Waals surface area contributed by atoms with Crippen LogP contribution in [0.2, 0.25) is 0 Å². The van der Waals surface area contributed by atoms with E-state index in [0.717, 1.165) is 56.6 Å². The molecule has 0 amide bonds. The number of likely N-dealkylation sites (tertiary alicyclic amines) is 1. The number of carbonyl (C=O) groups is 1. The summed E-state index contributed by atoms with van der Waals surface area (Å²) in [7, 11) is 5.16. The maximum absolute atomic E-state index is 14.8. The van der Waals surface area contributed by atoms with Gasteiger partial charge in [0.15, 0.2) is 11.6 Å². The van der Waals surface area contributed by atoms with Crippen LogP contribution in [0.3, 0.4) is 0 Å². The number of aliphatic carboxylic acids is 1. The third-order valence-corrected chi connectivity index (χ3v) is 7.29. The van der Waals surface area contributed by atoms with Gasteiger partial charge in [0.05, 0.1) is 13.2 Å². The molecule has 0 bridgehead atoms. The minimum atomic E-state index is -1.02. The first-order valence-corrected chi connectivity index (χ1v) is 13.7. The number of aromatic nitrogens is 1. The quantitative estimate of drug-likeness (QED) is 0.373. The molecule has 2 N–H and O–H groups in total. The summed E-state index contributed by atoms with van der Waals surface area (Å²) in [6, 6.07) is 6.52. The average molecular weight is 529 g/mol. The van der Waals surface area contributed by atoms with Crippen LogP contribution >= 0.6 is 0 Å². The smallest absolute Gasteiger partial charge is 0.325 e. The molecule has 3 heterocycles. The summed E-state index contributed by atoms with van der Waals surface area (Å²) in [5.74, 6) is -0.515. The molecule has 2 aliphatic rings. The standard InChI is InChI=1S/C29H41FN4O4/c1-33(2)18-20-16-24(27(37-3)25(30)17-20)26(29(35)36)34-14-12-23(19-34)38-15-6-4-5-9-22-11-10-21-8-7-13-31-28(21)32-22/h10-11,16-17,23,26H,4-9,12-15,18-19H2,1-3H3,(H,31,32)(H,35,36)/t23-,26-/m1/s1. The molecule has 208 valence electrons. The Bertz CT molecular complexity index is 1100. The lowest BCUT2D eigenvalue weighted by Crippen LogP contribution is -2.34. The average Bonchev–Trinajstić information content (AvgIpc) is 3.33. The van der Waals surface area contributed by atoms with Gasteiger partial charge in [-0.15, -0.1) is 0 Å². The van der Waals surface area contributed by atoms with Crippen molar-refractivity contribution in [1.82, 2.24) is 14.8 Å². The number of benzene rings is 1. The lowest BCUT2D eigenvalue weighted by atomic mass is 10.0. The van der Waals surface area contributed by atoms with Gasteiger partial charge in [-0.25, -0.2) is 9.37 Å². The number of pyridine rings is 1. The van der Waals surface area contributed by atoms with Crippen molar-refractivity contribution in [2.45, 2.75) is 63.6 Å². The molecule has 0 spiro atoms. The number of halogens is 1. The summed E-state index contributed by atoms with van der Waals surface area (Å²) >= 11 is 0. The summed E-state index contributed by atoms with van der Waals surface area (Å²) < 4.78 is 26.2. The highest BCUT2D eigenvalue weighted by Crippen LogP contribution is 2.35. The second kappa shape index (κ2) is 13.4. The molecule has 2 aliphatic heterocycles. The maximum atomic E-state index is 14.8. The minimum absolute atomic E-state index is 0.00604. The Hall–Kier alpha value is -2.75. The zero-order chi connectivity index (χ0) is 27.1. The Morgan fingerprint density at radius 1 is 1.29 bits per heavy atom. The molecule has 2 atom stereocenters. The van der Waals surface area contributed by atoms with Crippen LogP contribution in [0.4, 0.5) is 10.2 Å². The molecule has 1 saturated heterocycles. The molecule has 38 heavy (non-hydrogen) atoms. The third kappa shape index (κ3) is 7.21. The Labute approximate surface area is 225 Å². The van der Waals surface area contributed by atoms with Gasteiger partial charge in [0.2, 0.25) is 0 Å². The van der Waals surface area contributed by atoms with Crippen molar-refractivity contribution in [2.24, 2.45) is 0 Å². The Balaban J connectivity index is 1.26. The van der Waals surface area contributed by atoms with E-state index in [1.165, 1.54) is 25.2 Å². The molecule has 4 rings (SSSR count). The van der Waals surface area contributed by atoms with E-state index in [2.05, 4.69) is 17.4 Å². The summed E-state index contributed by atoms with van der Waals surface area (Å²) in [4.78, 5) is 20.9. The molecule has 0 saturated carbocycles. The zero-order valence-corrected chi connectivity index (χ0v) is 22.8. The van der Waals surface area contributed by atoms with E-state index in [0.29, 0.717) is 37.4 Å². The maximum Gasteiger partial charge on any atom is 0.325 e. The van der Waals surface area contributed by atoms with Gasteiger partial charge in [-0.05, 0) is 81.9 Å². The third-order valence-electron chi connectivity index (χ3n) is 7.29. The van der Waals surface area contributed by atoms with Crippen LogP contribution in [0.15, 0.2) is 24.3 Å². The fourth-order valence-electron chi connectivity index (χ4n) is 5.50. The van der Waals surface area contributed by atoms with Gasteiger partial charge in [0.25, 0.3) is 0 Å². The number of carboxylic acids is 1. The first-order valence-electron chi connectivity index (χ1n) is 13.7. The second-order valence-electron chi connectivity index (χ2n) is 10.6. The van der Waals surface area contributed by atoms with Gasteiger partial charge >= 0.3 is 5.97 Å².